The molecule has 11 heteroatoms. The van der Waals surface area contributed by atoms with E-state index in [-0.39, 0.29) is 29.3 Å². The van der Waals surface area contributed by atoms with Crippen molar-refractivity contribution < 1.29 is 9.59 Å². The highest BCUT2D eigenvalue weighted by Crippen LogP contribution is 2.26. The molecule has 0 bridgehead atoms. The highest BCUT2D eigenvalue weighted by molar-refractivity contribution is 9.10. The lowest BCUT2D eigenvalue weighted by atomic mass is 9.96. The fourth-order valence-electron chi connectivity index (χ4n) is 4.32. The molecule has 4 aromatic rings. The predicted octanol–water partition coefficient (Wildman–Crippen LogP) is 1.43. The van der Waals surface area contributed by atoms with Crippen molar-refractivity contribution >= 4 is 39.0 Å². The van der Waals surface area contributed by atoms with Gasteiger partial charge in [-0.25, -0.2) is 4.98 Å². The third kappa shape index (κ3) is 4.60. The van der Waals surface area contributed by atoms with E-state index in [1.165, 1.54) is 0 Å². The monoisotopic (exact) mass is 561 g/mol. The maximum absolute atomic E-state index is 12.6. The van der Waals surface area contributed by atoms with Crippen molar-refractivity contribution in [1.29, 1.82) is 0 Å². The second-order valence-electron chi connectivity index (χ2n) is 8.69. The van der Waals surface area contributed by atoms with Crippen LogP contribution in [0.2, 0.25) is 0 Å². The number of carbonyl (C=O) groups is 2. The first kappa shape index (κ1) is 24.3. The van der Waals surface area contributed by atoms with Crippen molar-refractivity contribution in [3.8, 4) is 0 Å². The summed E-state index contributed by atoms with van der Waals surface area (Å²) in [6.45, 7) is 1.17. The smallest absolute Gasteiger partial charge is 0.287 e. The number of nitrogens with one attached hydrogen (secondary N) is 2. The maximum Gasteiger partial charge on any atom is 0.287 e. The highest BCUT2D eigenvalue weighted by atomic mass is 79.9. The number of anilines is 2. The molecule has 0 saturated carbocycles. The number of ketones is 1. The van der Waals surface area contributed by atoms with E-state index in [1.807, 2.05) is 18.2 Å². The molecule has 0 saturated heterocycles. The fraction of sp³-hybridized carbons (Fsp3) is 0.154. The largest absolute Gasteiger partial charge is 0.394 e. The fourth-order valence-corrected chi connectivity index (χ4v) is 4.58. The van der Waals surface area contributed by atoms with Gasteiger partial charge in [-0.15, -0.1) is 0 Å². The van der Waals surface area contributed by atoms with Gasteiger partial charge in [0.2, 0.25) is 0 Å². The summed E-state index contributed by atoms with van der Waals surface area (Å²) in [6.07, 6.45) is 1.79. The van der Waals surface area contributed by atoms with Gasteiger partial charge in [0.05, 0.1) is 0 Å². The third-order valence-corrected chi connectivity index (χ3v) is 6.87. The van der Waals surface area contributed by atoms with E-state index in [4.69, 9.17) is 5.73 Å². The number of halogens is 1. The first-order chi connectivity index (χ1) is 17.7. The molecule has 186 valence electrons. The molecule has 37 heavy (non-hydrogen) atoms. The number of nitrogen functional groups attached to an aromatic ring is 1. The summed E-state index contributed by atoms with van der Waals surface area (Å²) < 4.78 is 0.798. The van der Waals surface area contributed by atoms with Crippen LogP contribution in [0.15, 0.2) is 67.5 Å². The van der Waals surface area contributed by atoms with Crippen LogP contribution < -0.4 is 32.4 Å². The molecule has 0 radical (unpaired) electrons. The molecule has 0 fully saturated rings. The van der Waals surface area contributed by atoms with Gasteiger partial charge < -0.3 is 20.9 Å². The number of rotatable bonds is 6. The number of hydrogen-bond acceptors (Lipinski definition) is 8. The van der Waals surface area contributed by atoms with Crippen LogP contribution in [0.4, 0.5) is 11.4 Å². The van der Waals surface area contributed by atoms with Gasteiger partial charge in [0, 0.05) is 35.9 Å². The molecule has 10 nitrogen and oxygen atoms in total. The average Bonchev–Trinajstić information content (AvgIpc) is 2.91. The average molecular weight is 562 g/mol. The molecule has 1 aliphatic rings. The van der Waals surface area contributed by atoms with Crippen molar-refractivity contribution in [3.05, 3.63) is 118 Å². The Morgan fingerprint density at radius 3 is 2.51 bits per heavy atom. The zero-order chi connectivity index (χ0) is 26.3. The Hall–Kier alpha value is -4.38. The first-order valence-corrected chi connectivity index (χ1v) is 12.1. The number of aromatic nitrogens is 2. The normalized spacial score (nSPS) is 12.8. The first-order valence-electron chi connectivity index (χ1n) is 11.3. The lowest BCUT2D eigenvalue weighted by Crippen LogP contribution is -2.44. The molecule has 4 N–H and O–H groups in total. The third-order valence-electron chi connectivity index (χ3n) is 6.34. The van der Waals surface area contributed by atoms with Crippen LogP contribution in [-0.2, 0) is 19.5 Å². The molecule has 2 heterocycles. The van der Waals surface area contributed by atoms with Gasteiger partial charge in [0.15, 0.2) is 11.6 Å². The summed E-state index contributed by atoms with van der Waals surface area (Å²) in [5.74, 6) is -1.31. The van der Waals surface area contributed by atoms with Gasteiger partial charge in [0.1, 0.15) is 16.9 Å². The Labute approximate surface area is 218 Å². The molecule has 1 aliphatic heterocycles. The molecule has 0 atom stereocenters. The molecular formula is C26H20BrN5O5. The minimum Gasteiger partial charge on any atom is -0.394 e. The number of fused-ring (bicyclic) bond motifs is 1. The number of aromatic amines is 1. The molecule has 1 aromatic heterocycles. The SMILES string of the molecule is Nc1c(N2CCc3ccc(CNC(=O)c4ncc(C(=O)c5ccc(Br)cc5)c(=O)[nH]4)cc3C2)c(=O)c1=O. The van der Waals surface area contributed by atoms with Crippen LogP contribution in [0.5, 0.6) is 0 Å². The van der Waals surface area contributed by atoms with Crippen molar-refractivity contribution in [3.63, 3.8) is 0 Å². The molecule has 0 unspecified atom stereocenters. The lowest BCUT2D eigenvalue weighted by molar-refractivity contribution is 0.0938. The number of benzene rings is 2. The summed E-state index contributed by atoms with van der Waals surface area (Å²) in [7, 11) is 0. The summed E-state index contributed by atoms with van der Waals surface area (Å²) in [6, 6.07) is 12.3. The number of amides is 1. The zero-order valence-corrected chi connectivity index (χ0v) is 20.9. The van der Waals surface area contributed by atoms with E-state index >= 15 is 0 Å². The summed E-state index contributed by atoms with van der Waals surface area (Å²) in [5, 5.41) is 2.71. The maximum atomic E-state index is 12.6. The van der Waals surface area contributed by atoms with Crippen LogP contribution in [-0.4, -0.2) is 28.2 Å². The highest BCUT2D eigenvalue weighted by Gasteiger charge is 2.27. The Bertz CT molecular complexity index is 1690. The summed E-state index contributed by atoms with van der Waals surface area (Å²) in [4.78, 5) is 69.2. The second-order valence-corrected chi connectivity index (χ2v) is 9.60. The second kappa shape index (κ2) is 9.58. The Balaban J connectivity index is 1.26. The molecule has 3 aromatic carbocycles. The van der Waals surface area contributed by atoms with E-state index in [1.54, 1.807) is 29.2 Å². The number of hydrogen-bond donors (Lipinski definition) is 3. The summed E-state index contributed by atoms with van der Waals surface area (Å²) >= 11 is 3.29. The standard InChI is InChI=1S/C26H20BrN5O5/c27-17-5-3-15(4-6-17)21(33)18-11-29-24(31-25(18)36)26(37)30-10-13-1-2-14-7-8-32(12-16(14)9-13)20-19(28)22(34)23(20)35/h1-6,9,11H,7-8,10,12,28H2,(H,30,37)(H,29,31,36). The van der Waals surface area contributed by atoms with Gasteiger partial charge in [-0.2, -0.15) is 0 Å². The minimum atomic E-state index is -0.709. The Morgan fingerprint density at radius 1 is 1.05 bits per heavy atom. The van der Waals surface area contributed by atoms with Gasteiger partial charge in [-0.1, -0.05) is 34.1 Å². The number of carbonyl (C=O) groups excluding carboxylic acids is 2. The van der Waals surface area contributed by atoms with Gasteiger partial charge in [0.25, 0.3) is 22.3 Å². The van der Waals surface area contributed by atoms with Crippen LogP contribution in [0.25, 0.3) is 0 Å². The topological polar surface area (TPSA) is 155 Å². The predicted molar refractivity (Wildman–Crippen MR) is 141 cm³/mol. The van der Waals surface area contributed by atoms with Crippen molar-refractivity contribution in [2.75, 3.05) is 17.2 Å². The summed E-state index contributed by atoms with van der Waals surface area (Å²) in [5.41, 5.74) is 7.11. The van der Waals surface area contributed by atoms with Gasteiger partial charge >= 0.3 is 0 Å². The zero-order valence-electron chi connectivity index (χ0n) is 19.3. The number of H-pyrrole nitrogens is 1. The molecule has 0 spiro atoms. The molecule has 0 aliphatic carbocycles. The van der Waals surface area contributed by atoms with Crippen LogP contribution in [0.3, 0.4) is 0 Å². The van der Waals surface area contributed by atoms with Crippen molar-refractivity contribution in [2.24, 2.45) is 0 Å². The molecular weight excluding hydrogens is 542 g/mol. The van der Waals surface area contributed by atoms with Gasteiger partial charge in [-0.3, -0.25) is 24.0 Å². The van der Waals surface area contributed by atoms with Crippen LogP contribution >= 0.6 is 15.9 Å². The minimum absolute atomic E-state index is 0.00270. The van der Waals surface area contributed by atoms with Crippen molar-refractivity contribution in [2.45, 2.75) is 19.5 Å². The Morgan fingerprint density at radius 2 is 1.81 bits per heavy atom. The number of nitrogens with two attached hydrogens (primary N) is 1. The van der Waals surface area contributed by atoms with E-state index in [0.717, 1.165) is 27.4 Å². The van der Waals surface area contributed by atoms with E-state index < -0.39 is 28.1 Å². The van der Waals surface area contributed by atoms with Crippen molar-refractivity contribution in [1.82, 2.24) is 15.3 Å². The van der Waals surface area contributed by atoms with Crippen LogP contribution in [0, 0.1) is 0 Å². The van der Waals surface area contributed by atoms with Gasteiger partial charge in [-0.05, 0) is 47.4 Å². The van der Waals surface area contributed by atoms with E-state index in [0.29, 0.717) is 25.1 Å². The molecule has 5 rings (SSSR count). The van der Waals surface area contributed by atoms with Crippen LogP contribution in [0.1, 0.15) is 43.2 Å². The van der Waals surface area contributed by atoms with E-state index in [9.17, 15) is 24.0 Å². The quantitative estimate of drug-likeness (QED) is 0.236. The lowest BCUT2D eigenvalue weighted by Gasteiger charge is -2.32. The molecule has 1 amide bonds. The number of nitrogens with zero attached hydrogens (tertiary/aromatic N) is 2. The Kier molecular flexibility index (Phi) is 6.30. The van der Waals surface area contributed by atoms with E-state index in [2.05, 4.69) is 31.2 Å².